The first-order chi connectivity index (χ1) is 21.6. The molecule has 6 rings (SSSR count). The molecule has 0 aliphatic carbocycles. The molecule has 5 heteroatoms. The van der Waals surface area contributed by atoms with Crippen LogP contribution in [0.3, 0.4) is 0 Å². The number of imidazole rings is 1. The van der Waals surface area contributed by atoms with Crippen LogP contribution in [-0.4, -0.2) is 17.6 Å². The highest BCUT2D eigenvalue weighted by atomic mass is 28.3. The molecule has 2 aromatic heterocycles. The zero-order valence-corrected chi connectivity index (χ0v) is 30.3. The van der Waals surface area contributed by atoms with Gasteiger partial charge in [0.2, 0.25) is 0 Å². The third kappa shape index (κ3) is 4.81. The van der Waals surface area contributed by atoms with E-state index in [1.165, 1.54) is 22.0 Å². The Balaban J connectivity index is 1.74. The van der Waals surface area contributed by atoms with Crippen molar-refractivity contribution in [2.45, 2.75) is 97.7 Å². The van der Waals surface area contributed by atoms with Crippen molar-refractivity contribution in [3.05, 3.63) is 89.5 Å². The van der Waals surface area contributed by atoms with Gasteiger partial charge in [0.1, 0.15) is 17.0 Å². The molecule has 0 saturated carbocycles. The molecule has 0 aliphatic heterocycles. The molecule has 4 nitrogen and oxygen atoms in total. The maximum atomic E-state index is 9.55. The van der Waals surface area contributed by atoms with Gasteiger partial charge < -0.3 is 4.42 Å². The van der Waals surface area contributed by atoms with Crippen LogP contribution in [0.4, 0.5) is 0 Å². The van der Waals surface area contributed by atoms with Crippen LogP contribution >= 0.6 is 0 Å². The van der Waals surface area contributed by atoms with Crippen molar-refractivity contribution < 1.29 is 4.42 Å². The quantitative estimate of drug-likeness (QED) is 0.179. The fraction of sp³-hybridized carbons (Fsp3) is 0.366. The number of benzene rings is 4. The number of hydrogen-bond donors (Lipinski definition) is 0. The summed E-state index contributed by atoms with van der Waals surface area (Å²) in [6, 6.07) is 27.8. The largest absolute Gasteiger partial charge is 0.455 e. The van der Waals surface area contributed by atoms with Crippen LogP contribution in [0.25, 0.3) is 50.0 Å². The van der Waals surface area contributed by atoms with Crippen LogP contribution in [0.2, 0.25) is 16.6 Å². The van der Waals surface area contributed by atoms with Crippen LogP contribution in [0, 0.1) is 11.3 Å². The normalized spacial score (nSPS) is 13.0. The van der Waals surface area contributed by atoms with Gasteiger partial charge in [-0.2, -0.15) is 5.26 Å². The fourth-order valence-corrected chi connectivity index (χ4v) is 12.4. The van der Waals surface area contributed by atoms with Crippen molar-refractivity contribution >= 4 is 46.2 Å². The van der Waals surface area contributed by atoms with Crippen molar-refractivity contribution in [1.29, 1.82) is 5.26 Å². The highest BCUT2D eigenvalue weighted by Gasteiger charge is 2.50. The van der Waals surface area contributed by atoms with Crippen LogP contribution in [0.1, 0.15) is 97.8 Å². The molecule has 0 aliphatic rings. The molecule has 0 saturated heterocycles. The highest BCUT2D eigenvalue weighted by Crippen LogP contribution is 2.51. The fourth-order valence-electron chi connectivity index (χ4n) is 7.58. The average Bonchev–Trinajstić information content (AvgIpc) is 3.56. The van der Waals surface area contributed by atoms with Crippen LogP contribution in [0.15, 0.2) is 77.2 Å². The van der Waals surface area contributed by atoms with Crippen molar-refractivity contribution in [2.24, 2.45) is 0 Å². The molecule has 2 heterocycles. The zero-order chi connectivity index (χ0) is 33.3. The van der Waals surface area contributed by atoms with E-state index in [4.69, 9.17) is 9.40 Å². The minimum absolute atomic E-state index is 0.171. The summed E-state index contributed by atoms with van der Waals surface area (Å²) >= 11 is 0. The molecule has 6 aromatic rings. The Morgan fingerprint density at radius 3 is 2.00 bits per heavy atom. The summed E-state index contributed by atoms with van der Waals surface area (Å²) in [7, 11) is -2.05. The third-order valence-corrected chi connectivity index (χ3v) is 18.1. The minimum atomic E-state index is -2.05. The van der Waals surface area contributed by atoms with Gasteiger partial charge >= 0.3 is 0 Å². The third-order valence-electron chi connectivity index (χ3n) is 10.6. The summed E-state index contributed by atoms with van der Waals surface area (Å²) < 4.78 is 8.96. The Bertz CT molecular complexity index is 2120. The molecule has 4 aromatic carbocycles. The second-order valence-corrected chi connectivity index (χ2v) is 21.6. The first kappa shape index (κ1) is 31.8. The van der Waals surface area contributed by atoms with E-state index in [-0.39, 0.29) is 10.1 Å². The minimum Gasteiger partial charge on any atom is -0.455 e. The highest BCUT2D eigenvalue weighted by molar-refractivity contribution is 6.95. The summed E-state index contributed by atoms with van der Waals surface area (Å²) in [6.45, 7) is 26.5. The molecule has 0 radical (unpaired) electrons. The van der Waals surface area contributed by atoms with Crippen LogP contribution < -0.4 is 5.19 Å². The number of fused-ring (bicyclic) bond motifs is 4. The number of nitriles is 1. The van der Waals surface area contributed by atoms with Crippen LogP contribution in [-0.2, 0) is 0 Å². The van der Waals surface area contributed by atoms with E-state index in [2.05, 4.69) is 141 Å². The smallest absolute Gasteiger partial charge is 0.149 e. The lowest BCUT2D eigenvalue weighted by Crippen LogP contribution is -2.59. The van der Waals surface area contributed by atoms with E-state index in [0.717, 1.165) is 38.8 Å². The predicted octanol–water partition coefficient (Wildman–Crippen LogP) is 11.6. The predicted molar refractivity (Wildman–Crippen MR) is 197 cm³/mol. The number of nitrogens with zero attached hydrogens (tertiary/aromatic N) is 3. The van der Waals surface area contributed by atoms with Gasteiger partial charge in [-0.25, -0.2) is 4.98 Å². The average molecular weight is 626 g/mol. The molecule has 0 amide bonds. The maximum absolute atomic E-state index is 9.55. The van der Waals surface area contributed by atoms with E-state index >= 15 is 0 Å². The van der Waals surface area contributed by atoms with E-state index in [9.17, 15) is 5.26 Å². The first-order valence-electron chi connectivity index (χ1n) is 16.6. The van der Waals surface area contributed by atoms with Gasteiger partial charge in [-0.05, 0) is 69.4 Å². The van der Waals surface area contributed by atoms with Crippen molar-refractivity contribution in [3.8, 4) is 23.1 Å². The molecule has 46 heavy (non-hydrogen) atoms. The van der Waals surface area contributed by atoms with Gasteiger partial charge in [-0.15, -0.1) is 0 Å². The SMILES string of the molecule is CC(C)c1cc([Si](C)(C(C)(C)C)C(C)(C)C)cc(C(C)C)c1-n1c(-c2cccc3c2oc2cc(C#N)ccc23)nc2ccccc21. The number of furan rings is 1. The lowest BCUT2D eigenvalue weighted by atomic mass is 9.92. The summed E-state index contributed by atoms with van der Waals surface area (Å²) in [5.74, 6) is 1.46. The van der Waals surface area contributed by atoms with Crippen molar-refractivity contribution in [2.75, 3.05) is 0 Å². The summed E-state index contributed by atoms with van der Waals surface area (Å²) in [5.41, 5.74) is 9.02. The topological polar surface area (TPSA) is 54.8 Å². The molecule has 236 valence electrons. The maximum Gasteiger partial charge on any atom is 0.149 e. The van der Waals surface area contributed by atoms with E-state index in [1.807, 2.05) is 18.2 Å². The zero-order valence-electron chi connectivity index (χ0n) is 29.3. The molecule has 0 spiro atoms. The molecular weight excluding hydrogens is 579 g/mol. The standard InChI is InChI=1S/C41H47N3OSi/c1-25(2)32-22-28(46(11,40(5,6)7)41(8,9)10)23-33(26(3)4)37(32)44-35-18-13-12-17-34(35)43-39(44)31-16-14-15-30-29-20-19-27(24-42)21-36(29)45-38(30)31/h12-23,25-26H,1-11H3. The van der Waals surface area contributed by atoms with Gasteiger partial charge in [0.25, 0.3) is 0 Å². The number of rotatable bonds is 5. The Morgan fingerprint density at radius 2 is 1.41 bits per heavy atom. The van der Waals surface area contributed by atoms with Crippen LogP contribution in [0.5, 0.6) is 0 Å². The van der Waals surface area contributed by atoms with Gasteiger partial charge in [0, 0.05) is 10.8 Å². The molecule has 0 fully saturated rings. The van der Waals surface area contributed by atoms with Gasteiger partial charge in [-0.3, -0.25) is 4.57 Å². The van der Waals surface area contributed by atoms with Gasteiger partial charge in [0.05, 0.1) is 42.0 Å². The Labute approximate surface area is 275 Å². The Morgan fingerprint density at radius 1 is 0.783 bits per heavy atom. The summed E-state index contributed by atoms with van der Waals surface area (Å²) in [5, 5.41) is 13.4. The molecular formula is C41H47N3OSi. The molecule has 0 N–H and O–H groups in total. The summed E-state index contributed by atoms with van der Waals surface area (Å²) in [6.07, 6.45) is 0. The Hall–Kier alpha value is -4.14. The second-order valence-electron chi connectivity index (χ2n) is 15.8. The number of hydrogen-bond acceptors (Lipinski definition) is 3. The van der Waals surface area contributed by atoms with E-state index in [1.54, 1.807) is 0 Å². The van der Waals surface area contributed by atoms with Crippen molar-refractivity contribution in [3.63, 3.8) is 0 Å². The Kier molecular flexibility index (Phi) is 7.60. The van der Waals surface area contributed by atoms with Gasteiger partial charge in [-0.1, -0.05) is 117 Å². The molecule has 0 atom stereocenters. The lowest BCUT2D eigenvalue weighted by Gasteiger charge is -2.50. The van der Waals surface area contributed by atoms with E-state index in [0.29, 0.717) is 23.0 Å². The number of aromatic nitrogens is 2. The molecule has 0 unspecified atom stereocenters. The number of para-hydroxylation sites is 3. The van der Waals surface area contributed by atoms with E-state index < -0.39 is 8.07 Å². The van der Waals surface area contributed by atoms with Gasteiger partial charge in [0.15, 0.2) is 0 Å². The first-order valence-corrected chi connectivity index (χ1v) is 19.1. The monoisotopic (exact) mass is 625 g/mol. The molecule has 0 bridgehead atoms. The lowest BCUT2D eigenvalue weighted by molar-refractivity contribution is 0.629. The second kappa shape index (κ2) is 11.0. The summed E-state index contributed by atoms with van der Waals surface area (Å²) in [4.78, 5) is 5.32. The van der Waals surface area contributed by atoms with Crippen molar-refractivity contribution in [1.82, 2.24) is 9.55 Å².